The molecule has 0 spiro atoms. The summed E-state index contributed by atoms with van der Waals surface area (Å²) in [6.45, 7) is 10.4. The lowest BCUT2D eigenvalue weighted by atomic mass is 9.77. The Morgan fingerprint density at radius 2 is 2.04 bits per heavy atom. The van der Waals surface area contributed by atoms with Crippen molar-refractivity contribution in [1.82, 2.24) is 4.90 Å². The van der Waals surface area contributed by atoms with Gasteiger partial charge in [0.25, 0.3) is 0 Å². The van der Waals surface area contributed by atoms with Crippen LogP contribution in [-0.4, -0.2) is 44.3 Å². The van der Waals surface area contributed by atoms with Crippen molar-refractivity contribution in [2.75, 3.05) is 27.3 Å². The molecule has 1 aromatic rings. The van der Waals surface area contributed by atoms with E-state index in [1.54, 1.807) is 20.3 Å². The molecule has 0 aliphatic carbocycles. The summed E-state index contributed by atoms with van der Waals surface area (Å²) in [7, 11) is 3.21. The van der Waals surface area contributed by atoms with Gasteiger partial charge in [-0.25, -0.2) is 0 Å². The number of esters is 1. The van der Waals surface area contributed by atoms with E-state index in [1.807, 2.05) is 18.2 Å². The lowest BCUT2D eigenvalue weighted by Gasteiger charge is -2.46. The van der Waals surface area contributed by atoms with Gasteiger partial charge in [-0.15, -0.1) is 13.0 Å². The topological polar surface area (TPSA) is 48.0 Å². The Hall–Kier alpha value is -2.71. The molecule has 1 aliphatic rings. The molecule has 27 heavy (non-hydrogen) atoms. The number of hydrogen-bond acceptors (Lipinski definition) is 5. The first kappa shape index (κ1) is 20.6. The number of ether oxygens (including phenoxy) is 3. The molecule has 0 bridgehead atoms. The molecule has 2 rings (SSSR count). The van der Waals surface area contributed by atoms with Gasteiger partial charge in [0.2, 0.25) is 0 Å². The van der Waals surface area contributed by atoms with Gasteiger partial charge in [-0.2, -0.15) is 0 Å². The zero-order valence-corrected chi connectivity index (χ0v) is 16.3. The second kappa shape index (κ2) is 8.79. The van der Waals surface area contributed by atoms with E-state index in [2.05, 4.69) is 24.0 Å². The van der Waals surface area contributed by atoms with Gasteiger partial charge in [0.15, 0.2) is 11.5 Å². The highest BCUT2D eigenvalue weighted by Gasteiger charge is 2.43. The Kier molecular flexibility index (Phi) is 6.70. The van der Waals surface area contributed by atoms with Gasteiger partial charge in [-0.1, -0.05) is 24.7 Å². The molecule has 0 saturated heterocycles. The minimum atomic E-state index is -0.782. The minimum Gasteiger partial charge on any atom is -0.493 e. The number of terminal acetylenes is 1. The highest BCUT2D eigenvalue weighted by atomic mass is 16.5. The highest BCUT2D eigenvalue weighted by molar-refractivity contribution is 5.66. The van der Waals surface area contributed by atoms with E-state index in [0.29, 0.717) is 24.5 Å². The Morgan fingerprint density at radius 3 is 2.56 bits per heavy atom. The fraction of sp³-hybridized carbons (Fsp3) is 0.409. The van der Waals surface area contributed by atoms with Crippen LogP contribution in [0.3, 0.4) is 0 Å². The number of fused-ring (bicyclic) bond motifs is 1. The van der Waals surface area contributed by atoms with Crippen LogP contribution in [-0.2, 0) is 21.5 Å². The summed E-state index contributed by atoms with van der Waals surface area (Å²) in [5, 5.41) is 0. The van der Waals surface area contributed by atoms with Crippen molar-refractivity contribution in [2.24, 2.45) is 0 Å². The van der Waals surface area contributed by atoms with E-state index in [1.165, 1.54) is 6.92 Å². The second-order valence-electron chi connectivity index (χ2n) is 6.44. The van der Waals surface area contributed by atoms with Crippen LogP contribution in [0.1, 0.15) is 24.5 Å². The van der Waals surface area contributed by atoms with Crippen molar-refractivity contribution in [1.29, 1.82) is 0 Å². The van der Waals surface area contributed by atoms with Crippen molar-refractivity contribution < 1.29 is 19.0 Å². The fourth-order valence-electron chi connectivity index (χ4n) is 3.68. The molecular formula is C22H27NO4. The molecule has 0 fully saturated rings. The first-order valence-electron chi connectivity index (χ1n) is 8.84. The Balaban J connectivity index is 2.63. The van der Waals surface area contributed by atoms with Crippen LogP contribution in [0.2, 0.25) is 0 Å². The SMILES string of the molecule is C#CC1(CC(C=C)OC(C)=O)c2cc(OC)c(OC)cc2CCN1CC=C. The van der Waals surface area contributed by atoms with Crippen LogP contribution in [0, 0.1) is 12.3 Å². The lowest BCUT2D eigenvalue weighted by Crippen LogP contribution is -2.51. The van der Waals surface area contributed by atoms with Gasteiger partial charge in [-0.3, -0.25) is 9.69 Å². The predicted octanol–water partition coefficient (Wildman–Crippen LogP) is 3.08. The smallest absolute Gasteiger partial charge is 0.303 e. The molecule has 1 aromatic carbocycles. The van der Waals surface area contributed by atoms with Crippen LogP contribution in [0.4, 0.5) is 0 Å². The number of methoxy groups -OCH3 is 2. The molecule has 0 radical (unpaired) electrons. The second-order valence-corrected chi connectivity index (χ2v) is 6.44. The average molecular weight is 369 g/mol. The van der Waals surface area contributed by atoms with Crippen LogP contribution in [0.25, 0.3) is 0 Å². The summed E-state index contributed by atoms with van der Waals surface area (Å²) in [5.74, 6) is 3.88. The molecule has 0 amide bonds. The Labute approximate surface area is 161 Å². The van der Waals surface area contributed by atoms with E-state index in [0.717, 1.165) is 24.1 Å². The highest BCUT2D eigenvalue weighted by Crippen LogP contribution is 2.44. The maximum Gasteiger partial charge on any atom is 0.303 e. The van der Waals surface area contributed by atoms with Crippen molar-refractivity contribution in [3.8, 4) is 23.8 Å². The summed E-state index contributed by atoms with van der Waals surface area (Å²) in [4.78, 5) is 13.7. The predicted molar refractivity (Wildman–Crippen MR) is 106 cm³/mol. The van der Waals surface area contributed by atoms with Crippen molar-refractivity contribution in [3.05, 3.63) is 48.6 Å². The summed E-state index contributed by atoms with van der Waals surface area (Å²) < 4.78 is 16.3. The molecule has 2 atom stereocenters. The van der Waals surface area contributed by atoms with E-state index in [-0.39, 0.29) is 5.97 Å². The van der Waals surface area contributed by atoms with Crippen molar-refractivity contribution >= 4 is 5.97 Å². The van der Waals surface area contributed by atoms with Gasteiger partial charge in [0.1, 0.15) is 11.6 Å². The third-order valence-corrected chi connectivity index (χ3v) is 4.91. The molecule has 1 heterocycles. The summed E-state index contributed by atoms with van der Waals surface area (Å²) in [6, 6.07) is 3.90. The Bertz CT molecular complexity index is 764. The van der Waals surface area contributed by atoms with Crippen molar-refractivity contribution in [3.63, 3.8) is 0 Å². The van der Waals surface area contributed by atoms with E-state index >= 15 is 0 Å². The molecule has 5 heteroatoms. The molecule has 144 valence electrons. The van der Waals surface area contributed by atoms with Crippen molar-refractivity contribution in [2.45, 2.75) is 31.4 Å². The third-order valence-electron chi connectivity index (χ3n) is 4.91. The van der Waals surface area contributed by atoms with Gasteiger partial charge < -0.3 is 14.2 Å². The Morgan fingerprint density at radius 1 is 1.37 bits per heavy atom. The van der Waals surface area contributed by atoms with Crippen LogP contribution in [0.5, 0.6) is 11.5 Å². The molecule has 0 aromatic heterocycles. The average Bonchev–Trinajstić information content (AvgIpc) is 2.67. The zero-order chi connectivity index (χ0) is 20.0. The summed E-state index contributed by atoms with van der Waals surface area (Å²) in [6.07, 6.45) is 10.2. The number of benzene rings is 1. The first-order chi connectivity index (χ1) is 12.9. The first-order valence-corrected chi connectivity index (χ1v) is 8.84. The maximum atomic E-state index is 11.5. The monoisotopic (exact) mass is 369 g/mol. The van der Waals surface area contributed by atoms with Gasteiger partial charge in [0.05, 0.1) is 14.2 Å². The van der Waals surface area contributed by atoms with Gasteiger partial charge in [0, 0.05) is 26.4 Å². The summed E-state index contributed by atoms with van der Waals surface area (Å²) >= 11 is 0. The number of rotatable bonds is 8. The maximum absolute atomic E-state index is 11.5. The van der Waals surface area contributed by atoms with E-state index < -0.39 is 11.6 Å². The molecular weight excluding hydrogens is 342 g/mol. The third kappa shape index (κ3) is 4.01. The number of carbonyl (C=O) groups excluding carboxylic acids is 1. The molecule has 0 N–H and O–H groups in total. The minimum absolute atomic E-state index is 0.370. The molecule has 2 unspecified atom stereocenters. The zero-order valence-electron chi connectivity index (χ0n) is 16.3. The number of carbonyl (C=O) groups is 1. The largest absolute Gasteiger partial charge is 0.493 e. The fourth-order valence-corrected chi connectivity index (χ4v) is 3.68. The van der Waals surface area contributed by atoms with Crippen LogP contribution in [0.15, 0.2) is 37.4 Å². The molecule has 0 saturated carbocycles. The lowest BCUT2D eigenvalue weighted by molar-refractivity contribution is -0.145. The van der Waals surface area contributed by atoms with Crippen LogP contribution < -0.4 is 9.47 Å². The normalized spacial score (nSPS) is 19.9. The standard InChI is InChI=1S/C22H27NO4/c1-7-11-23-12-10-17-13-20(25-5)21(26-6)14-19(17)22(23,9-3)15-18(8-2)27-16(4)24/h3,7-8,13-14,18H,1-2,10-12,15H2,4-6H3. The van der Waals surface area contributed by atoms with Crippen LogP contribution >= 0.6 is 0 Å². The molecule has 1 aliphatic heterocycles. The number of nitrogens with zero attached hydrogens (tertiary/aromatic N) is 1. The van der Waals surface area contributed by atoms with E-state index in [4.69, 9.17) is 20.6 Å². The molecule has 5 nitrogen and oxygen atoms in total. The van der Waals surface area contributed by atoms with E-state index in [9.17, 15) is 4.79 Å². The van der Waals surface area contributed by atoms with Gasteiger partial charge in [-0.05, 0) is 29.7 Å². The summed E-state index contributed by atoms with van der Waals surface area (Å²) in [5.41, 5.74) is 1.27. The number of hydrogen-bond donors (Lipinski definition) is 0. The quantitative estimate of drug-likeness (QED) is 0.400. The van der Waals surface area contributed by atoms with Gasteiger partial charge >= 0.3 is 5.97 Å².